The Labute approximate surface area is 98.0 Å². The fourth-order valence-corrected chi connectivity index (χ4v) is 1.98. The van der Waals surface area contributed by atoms with Crippen molar-refractivity contribution in [3.63, 3.8) is 0 Å². The fourth-order valence-electron chi connectivity index (χ4n) is 1.98. The van der Waals surface area contributed by atoms with Gasteiger partial charge in [0.25, 0.3) is 0 Å². The summed E-state index contributed by atoms with van der Waals surface area (Å²) in [5.74, 6) is 1.26. The first kappa shape index (κ1) is 9.96. The van der Waals surface area contributed by atoms with Crippen LogP contribution in [0.15, 0.2) is 33.3 Å². The van der Waals surface area contributed by atoms with Gasteiger partial charge >= 0.3 is 0 Å². The van der Waals surface area contributed by atoms with Crippen LogP contribution in [-0.4, -0.2) is 5.16 Å². The first-order valence-corrected chi connectivity index (χ1v) is 5.37. The van der Waals surface area contributed by atoms with Gasteiger partial charge < -0.3 is 14.7 Å². The molecule has 0 atom stereocenters. The van der Waals surface area contributed by atoms with Crippen LogP contribution in [0, 0.1) is 13.8 Å². The van der Waals surface area contributed by atoms with E-state index in [9.17, 15) is 0 Å². The van der Waals surface area contributed by atoms with Crippen LogP contribution in [0.4, 0.5) is 5.88 Å². The number of nitrogen functional groups attached to an aromatic ring is 1. The van der Waals surface area contributed by atoms with E-state index in [2.05, 4.69) is 12.1 Å². The predicted molar refractivity (Wildman–Crippen MR) is 65.6 cm³/mol. The maximum atomic E-state index is 5.69. The van der Waals surface area contributed by atoms with Crippen LogP contribution in [0.25, 0.3) is 22.1 Å². The van der Waals surface area contributed by atoms with Crippen molar-refractivity contribution in [2.24, 2.45) is 0 Å². The van der Waals surface area contributed by atoms with Crippen molar-refractivity contribution in [2.45, 2.75) is 13.8 Å². The molecule has 0 fully saturated rings. The topological polar surface area (TPSA) is 65.2 Å². The molecular formula is C13H12N2O2. The number of aryl methyl sites for hydroxylation is 2. The molecule has 3 rings (SSSR count). The third-order valence-electron chi connectivity index (χ3n) is 3.09. The minimum absolute atomic E-state index is 0.323. The Morgan fingerprint density at radius 1 is 1.24 bits per heavy atom. The normalized spacial score (nSPS) is 11.2. The van der Waals surface area contributed by atoms with Gasteiger partial charge in [-0.2, -0.15) is 0 Å². The summed E-state index contributed by atoms with van der Waals surface area (Å²) in [5.41, 5.74) is 9.46. The molecule has 86 valence electrons. The number of fused-ring (bicyclic) bond motifs is 1. The predicted octanol–water partition coefficient (Wildman–Crippen LogP) is 3.29. The van der Waals surface area contributed by atoms with Gasteiger partial charge in [-0.15, -0.1) is 0 Å². The highest BCUT2D eigenvalue weighted by molar-refractivity contribution is 5.87. The highest BCUT2D eigenvalue weighted by Crippen LogP contribution is 2.31. The molecule has 1 aromatic carbocycles. The van der Waals surface area contributed by atoms with Gasteiger partial charge in [-0.1, -0.05) is 17.3 Å². The van der Waals surface area contributed by atoms with E-state index in [1.165, 1.54) is 5.56 Å². The number of benzene rings is 1. The summed E-state index contributed by atoms with van der Waals surface area (Å²) in [4.78, 5) is 0. The molecule has 0 spiro atoms. The van der Waals surface area contributed by atoms with Crippen molar-refractivity contribution in [1.29, 1.82) is 0 Å². The molecule has 4 nitrogen and oxygen atoms in total. The van der Waals surface area contributed by atoms with Crippen molar-refractivity contribution < 1.29 is 8.94 Å². The van der Waals surface area contributed by atoms with Crippen molar-refractivity contribution in [3.8, 4) is 11.1 Å². The summed E-state index contributed by atoms with van der Waals surface area (Å²) in [6, 6.07) is 5.98. The number of nitrogens with zero attached hydrogens (tertiary/aromatic N) is 1. The van der Waals surface area contributed by atoms with Crippen molar-refractivity contribution in [3.05, 3.63) is 35.7 Å². The van der Waals surface area contributed by atoms with Crippen molar-refractivity contribution in [1.82, 2.24) is 5.16 Å². The Morgan fingerprint density at radius 2 is 2.06 bits per heavy atom. The second kappa shape index (κ2) is 3.38. The van der Waals surface area contributed by atoms with Crippen LogP contribution in [0.1, 0.15) is 11.3 Å². The molecule has 0 aliphatic rings. The van der Waals surface area contributed by atoms with E-state index in [4.69, 9.17) is 14.7 Å². The number of hydrogen-bond acceptors (Lipinski definition) is 4. The highest BCUT2D eigenvalue weighted by Gasteiger charge is 2.11. The van der Waals surface area contributed by atoms with Gasteiger partial charge in [0, 0.05) is 5.39 Å². The molecule has 2 heterocycles. The molecule has 0 aliphatic heterocycles. The summed E-state index contributed by atoms with van der Waals surface area (Å²) in [6.07, 6.45) is 1.61. The molecule has 0 radical (unpaired) electrons. The zero-order chi connectivity index (χ0) is 12.0. The van der Waals surface area contributed by atoms with Crippen LogP contribution in [0.5, 0.6) is 0 Å². The van der Waals surface area contributed by atoms with Crippen LogP contribution in [-0.2, 0) is 0 Å². The van der Waals surface area contributed by atoms with Gasteiger partial charge in [0.05, 0.1) is 11.8 Å². The van der Waals surface area contributed by atoms with Gasteiger partial charge in [0.2, 0.25) is 5.88 Å². The van der Waals surface area contributed by atoms with Crippen LogP contribution < -0.4 is 5.73 Å². The SMILES string of the molecule is Cc1oc2cc(-c3cnoc3N)ccc2c1C. The average Bonchev–Trinajstić information content (AvgIpc) is 2.84. The van der Waals surface area contributed by atoms with E-state index in [0.29, 0.717) is 5.88 Å². The lowest BCUT2D eigenvalue weighted by molar-refractivity contribution is 0.436. The maximum absolute atomic E-state index is 5.69. The van der Waals surface area contributed by atoms with Crippen LogP contribution in [0.3, 0.4) is 0 Å². The molecule has 4 heteroatoms. The molecule has 3 aromatic rings. The van der Waals surface area contributed by atoms with E-state index in [0.717, 1.165) is 27.9 Å². The molecule has 0 bridgehead atoms. The molecule has 0 amide bonds. The zero-order valence-electron chi connectivity index (χ0n) is 9.65. The third kappa shape index (κ3) is 1.41. The Bertz CT molecular complexity index is 695. The number of anilines is 1. The molecule has 0 unspecified atom stereocenters. The molecule has 0 aliphatic carbocycles. The lowest BCUT2D eigenvalue weighted by Gasteiger charge is -1.97. The molecule has 17 heavy (non-hydrogen) atoms. The van der Waals surface area contributed by atoms with Gasteiger partial charge in [-0.05, 0) is 31.0 Å². The standard InChI is InChI=1S/C13H12N2O2/c1-7-8(2)16-12-5-9(3-4-10(7)12)11-6-15-17-13(11)14/h3-6H,14H2,1-2H3. The quantitative estimate of drug-likeness (QED) is 0.694. The van der Waals surface area contributed by atoms with Crippen molar-refractivity contribution >= 4 is 16.9 Å². The lowest BCUT2D eigenvalue weighted by atomic mass is 10.1. The highest BCUT2D eigenvalue weighted by atomic mass is 16.5. The Kier molecular flexibility index (Phi) is 1.98. The first-order chi connectivity index (χ1) is 8.16. The second-order valence-corrected chi connectivity index (χ2v) is 4.10. The van der Waals surface area contributed by atoms with E-state index in [1.54, 1.807) is 6.20 Å². The zero-order valence-corrected chi connectivity index (χ0v) is 9.65. The maximum Gasteiger partial charge on any atom is 0.229 e. The van der Waals surface area contributed by atoms with Crippen molar-refractivity contribution in [2.75, 3.05) is 5.73 Å². The molecule has 2 aromatic heterocycles. The van der Waals surface area contributed by atoms with E-state index >= 15 is 0 Å². The second-order valence-electron chi connectivity index (χ2n) is 4.10. The minimum Gasteiger partial charge on any atom is -0.461 e. The summed E-state index contributed by atoms with van der Waals surface area (Å²) < 4.78 is 10.5. The molecular weight excluding hydrogens is 216 g/mol. The lowest BCUT2D eigenvalue weighted by Crippen LogP contribution is -1.84. The Hall–Kier alpha value is -2.23. The summed E-state index contributed by atoms with van der Waals surface area (Å²) in [7, 11) is 0. The first-order valence-electron chi connectivity index (χ1n) is 5.37. The van der Waals surface area contributed by atoms with E-state index in [-0.39, 0.29) is 0 Å². The number of aromatic nitrogens is 1. The fraction of sp³-hybridized carbons (Fsp3) is 0.154. The minimum atomic E-state index is 0.323. The summed E-state index contributed by atoms with van der Waals surface area (Å²) in [5, 5.41) is 4.80. The molecule has 2 N–H and O–H groups in total. The van der Waals surface area contributed by atoms with Gasteiger partial charge in [-0.3, -0.25) is 0 Å². The monoisotopic (exact) mass is 228 g/mol. The summed E-state index contributed by atoms with van der Waals surface area (Å²) in [6.45, 7) is 4.01. The van der Waals surface area contributed by atoms with Gasteiger partial charge in [0.1, 0.15) is 11.3 Å². The number of nitrogens with two attached hydrogens (primary N) is 1. The van der Waals surface area contributed by atoms with Crippen LogP contribution >= 0.6 is 0 Å². The smallest absolute Gasteiger partial charge is 0.229 e. The van der Waals surface area contributed by atoms with E-state index < -0.39 is 0 Å². The molecule has 0 saturated carbocycles. The van der Waals surface area contributed by atoms with Crippen LogP contribution in [0.2, 0.25) is 0 Å². The number of hydrogen-bond donors (Lipinski definition) is 1. The Balaban J connectivity index is 2.24. The number of rotatable bonds is 1. The largest absolute Gasteiger partial charge is 0.461 e. The number of furan rings is 1. The third-order valence-corrected chi connectivity index (χ3v) is 3.09. The summed E-state index contributed by atoms with van der Waals surface area (Å²) >= 11 is 0. The molecule has 0 saturated heterocycles. The van der Waals surface area contributed by atoms with E-state index in [1.807, 2.05) is 25.1 Å². The van der Waals surface area contributed by atoms with Gasteiger partial charge in [-0.25, -0.2) is 0 Å². The van der Waals surface area contributed by atoms with Gasteiger partial charge in [0.15, 0.2) is 0 Å². The average molecular weight is 228 g/mol. The Morgan fingerprint density at radius 3 is 2.76 bits per heavy atom.